The van der Waals surface area contributed by atoms with E-state index in [4.69, 9.17) is 16.3 Å². The lowest BCUT2D eigenvalue weighted by atomic mass is 10.2. The van der Waals surface area contributed by atoms with Gasteiger partial charge in [-0.3, -0.25) is 4.79 Å². The van der Waals surface area contributed by atoms with Crippen LogP contribution in [0.2, 0.25) is 0 Å². The molecule has 1 aliphatic heterocycles. The molecule has 0 saturated carbocycles. The average Bonchev–Trinajstić information content (AvgIpc) is 2.47. The first-order valence-corrected chi connectivity index (χ1v) is 4.74. The fourth-order valence-electron chi connectivity index (χ4n) is 1.31. The van der Waals surface area contributed by atoms with Crippen molar-refractivity contribution in [1.29, 1.82) is 0 Å². The Morgan fingerprint density at radius 1 is 1.67 bits per heavy atom. The first-order chi connectivity index (χ1) is 5.72. The van der Waals surface area contributed by atoms with Crippen molar-refractivity contribution in [2.45, 2.75) is 32.0 Å². The number of alkyl halides is 1. The maximum Gasteiger partial charge on any atom is 0.235 e. The van der Waals surface area contributed by atoms with Gasteiger partial charge in [-0.2, -0.15) is 0 Å². The third-order valence-electron chi connectivity index (χ3n) is 1.97. The first-order valence-electron chi connectivity index (χ1n) is 4.20. The van der Waals surface area contributed by atoms with Crippen LogP contribution in [0.1, 0.15) is 19.8 Å². The Hall–Kier alpha value is -0.280. The fourth-order valence-corrected chi connectivity index (χ4v) is 1.40. The van der Waals surface area contributed by atoms with Crippen LogP contribution < -0.4 is 5.32 Å². The Morgan fingerprint density at radius 3 is 2.92 bits per heavy atom. The maximum absolute atomic E-state index is 10.8. The van der Waals surface area contributed by atoms with Gasteiger partial charge in [0.2, 0.25) is 5.91 Å². The number of rotatable bonds is 3. The van der Waals surface area contributed by atoms with Gasteiger partial charge in [-0.05, 0) is 19.8 Å². The van der Waals surface area contributed by atoms with E-state index in [1.807, 2.05) is 6.92 Å². The molecule has 0 aliphatic carbocycles. The smallest absolute Gasteiger partial charge is 0.235 e. The number of carbonyl (C=O) groups excluding carboxylic acids is 1. The van der Waals surface area contributed by atoms with Gasteiger partial charge in [0.25, 0.3) is 0 Å². The Kier molecular flexibility index (Phi) is 3.82. The number of nitrogens with one attached hydrogen (secondary N) is 1. The van der Waals surface area contributed by atoms with Gasteiger partial charge in [-0.25, -0.2) is 0 Å². The van der Waals surface area contributed by atoms with E-state index in [0.717, 1.165) is 12.8 Å². The van der Waals surface area contributed by atoms with Crippen LogP contribution in [0.25, 0.3) is 0 Å². The zero-order valence-corrected chi connectivity index (χ0v) is 7.93. The summed E-state index contributed by atoms with van der Waals surface area (Å²) in [5, 5.41) is 2.70. The van der Waals surface area contributed by atoms with Crippen LogP contribution in [0.15, 0.2) is 0 Å². The molecule has 0 aromatic heterocycles. The van der Waals surface area contributed by atoms with Crippen molar-refractivity contribution in [3.63, 3.8) is 0 Å². The van der Waals surface area contributed by atoms with E-state index in [0.29, 0.717) is 12.6 Å². The highest BCUT2D eigenvalue weighted by Crippen LogP contribution is 2.17. The van der Waals surface area contributed by atoms with Gasteiger partial charge < -0.3 is 10.1 Å². The van der Waals surface area contributed by atoms with E-state index >= 15 is 0 Å². The predicted molar refractivity (Wildman–Crippen MR) is 47.3 cm³/mol. The average molecular weight is 192 g/mol. The summed E-state index contributed by atoms with van der Waals surface area (Å²) in [6, 6.07) is 0. The highest BCUT2D eigenvalue weighted by Gasteiger charge is 2.21. The molecule has 1 fully saturated rings. The van der Waals surface area contributed by atoms with Crippen LogP contribution in [0, 0.1) is 0 Å². The third-order valence-corrected chi connectivity index (χ3v) is 2.21. The summed E-state index contributed by atoms with van der Waals surface area (Å²) in [6.45, 7) is 2.64. The minimum atomic E-state index is -0.125. The monoisotopic (exact) mass is 191 g/mol. The summed E-state index contributed by atoms with van der Waals surface area (Å²) < 4.78 is 5.50. The lowest BCUT2D eigenvalue weighted by Crippen LogP contribution is -2.32. The lowest BCUT2D eigenvalue weighted by molar-refractivity contribution is -0.119. The molecule has 0 aromatic rings. The molecule has 3 nitrogen and oxygen atoms in total. The molecule has 4 heteroatoms. The molecule has 0 aromatic carbocycles. The van der Waals surface area contributed by atoms with Crippen molar-refractivity contribution in [2.75, 3.05) is 12.4 Å². The van der Waals surface area contributed by atoms with Crippen LogP contribution in [-0.4, -0.2) is 30.5 Å². The van der Waals surface area contributed by atoms with Crippen molar-refractivity contribution in [3.8, 4) is 0 Å². The number of amides is 1. The maximum atomic E-state index is 10.8. The normalized spacial score (nSPS) is 28.8. The quantitative estimate of drug-likeness (QED) is 0.674. The molecule has 2 atom stereocenters. The van der Waals surface area contributed by atoms with E-state index in [2.05, 4.69) is 5.32 Å². The van der Waals surface area contributed by atoms with Crippen molar-refractivity contribution in [3.05, 3.63) is 0 Å². The van der Waals surface area contributed by atoms with Crippen LogP contribution in [0.5, 0.6) is 0 Å². The van der Waals surface area contributed by atoms with Gasteiger partial charge in [0, 0.05) is 6.54 Å². The largest absolute Gasteiger partial charge is 0.373 e. The molecule has 2 unspecified atom stereocenters. The molecule has 1 aliphatic rings. The third kappa shape index (κ3) is 2.99. The predicted octanol–water partition coefficient (Wildman–Crippen LogP) is 0.909. The molecule has 1 amide bonds. The number of ether oxygens (including phenoxy) is 1. The van der Waals surface area contributed by atoms with Crippen molar-refractivity contribution in [1.82, 2.24) is 5.32 Å². The first kappa shape index (κ1) is 9.81. The Bertz CT molecular complexity index is 163. The Balaban J connectivity index is 2.11. The fraction of sp³-hybridized carbons (Fsp3) is 0.875. The standard InChI is InChI=1S/C8H14ClNO2/c1-6-2-3-7(12-6)5-10-8(11)4-9/h6-7H,2-5H2,1H3,(H,10,11). The second-order valence-corrected chi connectivity index (χ2v) is 3.35. The molecule has 1 rings (SSSR count). The number of carbonyl (C=O) groups is 1. The van der Waals surface area contributed by atoms with E-state index in [9.17, 15) is 4.79 Å². The summed E-state index contributed by atoms with van der Waals surface area (Å²) in [6.07, 6.45) is 2.64. The SMILES string of the molecule is CC1CCC(CNC(=O)CCl)O1. The van der Waals surface area contributed by atoms with E-state index in [1.165, 1.54) is 0 Å². The van der Waals surface area contributed by atoms with Gasteiger partial charge in [-0.15, -0.1) is 11.6 Å². The van der Waals surface area contributed by atoms with Crippen LogP contribution in [0.3, 0.4) is 0 Å². The Labute approximate surface area is 77.4 Å². The van der Waals surface area contributed by atoms with Crippen LogP contribution in [-0.2, 0) is 9.53 Å². The second-order valence-electron chi connectivity index (χ2n) is 3.08. The van der Waals surface area contributed by atoms with Crippen LogP contribution in [0.4, 0.5) is 0 Å². The van der Waals surface area contributed by atoms with E-state index < -0.39 is 0 Å². The number of hydrogen-bond acceptors (Lipinski definition) is 2. The molecule has 1 N–H and O–H groups in total. The Morgan fingerprint density at radius 2 is 2.42 bits per heavy atom. The molecular formula is C8H14ClNO2. The zero-order valence-electron chi connectivity index (χ0n) is 7.18. The highest BCUT2D eigenvalue weighted by atomic mass is 35.5. The minimum absolute atomic E-state index is 0.0300. The second kappa shape index (κ2) is 4.67. The number of hydrogen-bond donors (Lipinski definition) is 1. The molecule has 12 heavy (non-hydrogen) atoms. The highest BCUT2D eigenvalue weighted by molar-refractivity contribution is 6.27. The molecule has 1 heterocycles. The minimum Gasteiger partial charge on any atom is -0.373 e. The van der Waals surface area contributed by atoms with Crippen molar-refractivity contribution < 1.29 is 9.53 Å². The van der Waals surface area contributed by atoms with Crippen LogP contribution >= 0.6 is 11.6 Å². The molecular weight excluding hydrogens is 178 g/mol. The molecule has 70 valence electrons. The van der Waals surface area contributed by atoms with Crippen molar-refractivity contribution >= 4 is 17.5 Å². The summed E-state index contributed by atoms with van der Waals surface area (Å²) in [5.41, 5.74) is 0. The lowest BCUT2D eigenvalue weighted by Gasteiger charge is -2.10. The van der Waals surface area contributed by atoms with Gasteiger partial charge in [-0.1, -0.05) is 0 Å². The molecule has 0 bridgehead atoms. The summed E-state index contributed by atoms with van der Waals surface area (Å²) in [4.78, 5) is 10.8. The van der Waals surface area contributed by atoms with Gasteiger partial charge >= 0.3 is 0 Å². The zero-order chi connectivity index (χ0) is 8.97. The summed E-state index contributed by atoms with van der Waals surface area (Å²) >= 11 is 5.31. The molecule has 1 saturated heterocycles. The molecule has 0 spiro atoms. The molecule has 0 radical (unpaired) electrons. The van der Waals surface area contributed by atoms with E-state index in [-0.39, 0.29) is 17.9 Å². The topological polar surface area (TPSA) is 38.3 Å². The van der Waals surface area contributed by atoms with Gasteiger partial charge in [0.05, 0.1) is 12.2 Å². The summed E-state index contributed by atoms with van der Waals surface area (Å²) in [7, 11) is 0. The van der Waals surface area contributed by atoms with Gasteiger partial charge in [0.1, 0.15) is 5.88 Å². The number of halogens is 1. The summed E-state index contributed by atoms with van der Waals surface area (Å²) in [5.74, 6) is -0.0951. The van der Waals surface area contributed by atoms with E-state index in [1.54, 1.807) is 0 Å². The van der Waals surface area contributed by atoms with Gasteiger partial charge in [0.15, 0.2) is 0 Å². The van der Waals surface area contributed by atoms with Crippen molar-refractivity contribution in [2.24, 2.45) is 0 Å².